The van der Waals surface area contributed by atoms with E-state index in [0.717, 1.165) is 31.2 Å². The fourth-order valence-corrected chi connectivity index (χ4v) is 3.72. The van der Waals surface area contributed by atoms with Gasteiger partial charge < -0.3 is 10.4 Å². The van der Waals surface area contributed by atoms with Gasteiger partial charge in [-0.25, -0.2) is 0 Å². The molecule has 2 N–H and O–H groups in total. The van der Waals surface area contributed by atoms with E-state index >= 15 is 0 Å². The van der Waals surface area contributed by atoms with Crippen LogP contribution in [0.1, 0.15) is 25.7 Å². The van der Waals surface area contributed by atoms with Gasteiger partial charge in [-0.05, 0) is 43.2 Å². The van der Waals surface area contributed by atoms with Gasteiger partial charge in [0.15, 0.2) is 11.5 Å². The minimum Gasteiger partial charge on any atom is -0.391 e. The maximum Gasteiger partial charge on any atom is 0.185 e. The van der Waals surface area contributed by atoms with Gasteiger partial charge in [0.1, 0.15) is 5.82 Å². The Bertz CT molecular complexity index is 893. The summed E-state index contributed by atoms with van der Waals surface area (Å²) in [6, 6.07) is 8.92. The van der Waals surface area contributed by atoms with Crippen LogP contribution in [0.25, 0.3) is 17.0 Å². The molecule has 4 rings (SSSR count). The first-order valence-electron chi connectivity index (χ1n) is 8.24. The largest absolute Gasteiger partial charge is 0.391 e. The molecule has 0 spiro atoms. The number of anilines is 1. The average molecular weight is 378 g/mol. The molecule has 0 aliphatic heterocycles. The number of benzene rings is 1. The van der Waals surface area contributed by atoms with Crippen molar-refractivity contribution in [2.24, 2.45) is 0 Å². The average Bonchev–Trinajstić information content (AvgIpc) is 2.99. The summed E-state index contributed by atoms with van der Waals surface area (Å²) in [5.41, 5.74) is 1.37. The third-order valence-corrected chi connectivity index (χ3v) is 4.88. The Labute approximate surface area is 154 Å². The molecule has 0 bridgehead atoms. The Hall–Kier alpha value is -1.89. The second-order valence-electron chi connectivity index (χ2n) is 6.27. The van der Waals surface area contributed by atoms with Gasteiger partial charge in [-0.1, -0.05) is 36.0 Å². The molecule has 1 aromatic carbocycles. The molecule has 130 valence electrons. The van der Waals surface area contributed by atoms with Crippen molar-refractivity contribution in [3.63, 3.8) is 0 Å². The summed E-state index contributed by atoms with van der Waals surface area (Å²) in [7, 11) is 0. The minimum atomic E-state index is -0.349. The molecule has 25 heavy (non-hydrogen) atoms. The van der Waals surface area contributed by atoms with Crippen LogP contribution >= 0.6 is 23.2 Å². The summed E-state index contributed by atoms with van der Waals surface area (Å²) in [4.78, 5) is 0. The third-order valence-electron chi connectivity index (χ3n) is 4.45. The van der Waals surface area contributed by atoms with Gasteiger partial charge >= 0.3 is 0 Å². The molecule has 0 saturated heterocycles. The summed E-state index contributed by atoms with van der Waals surface area (Å²) in [5, 5.41) is 27.5. The predicted molar refractivity (Wildman–Crippen MR) is 98.1 cm³/mol. The van der Waals surface area contributed by atoms with E-state index in [1.54, 1.807) is 22.7 Å². The van der Waals surface area contributed by atoms with Crippen LogP contribution in [0.5, 0.6) is 0 Å². The van der Waals surface area contributed by atoms with Gasteiger partial charge in [0, 0.05) is 15.6 Å². The number of nitrogens with one attached hydrogen (secondary N) is 1. The van der Waals surface area contributed by atoms with Crippen LogP contribution in [0, 0.1) is 0 Å². The lowest BCUT2D eigenvalue weighted by Crippen LogP contribution is -2.36. The SMILES string of the molecule is O[C@H]1CCCC[C@@H]1Nc1ccc2nnc(-c3cc(Cl)cc(Cl)c3)n2n1. The fourth-order valence-electron chi connectivity index (χ4n) is 3.20. The monoisotopic (exact) mass is 377 g/mol. The van der Waals surface area contributed by atoms with E-state index in [-0.39, 0.29) is 12.1 Å². The topological polar surface area (TPSA) is 75.3 Å². The van der Waals surface area contributed by atoms with Crippen LogP contribution in [0.15, 0.2) is 30.3 Å². The van der Waals surface area contributed by atoms with Crippen LogP contribution in [0.2, 0.25) is 10.0 Å². The summed E-state index contributed by atoms with van der Waals surface area (Å²) in [5.74, 6) is 1.24. The standard InChI is InChI=1S/C17H17Cl2N5O/c18-11-7-10(8-12(19)9-11)17-22-21-16-6-5-15(23-24(16)17)20-13-3-1-2-4-14(13)25/h5-9,13-14,25H,1-4H2,(H,20,23)/t13-,14-/m0/s1. The molecule has 2 aromatic heterocycles. The minimum absolute atomic E-state index is 0.0132. The summed E-state index contributed by atoms with van der Waals surface area (Å²) < 4.78 is 1.65. The van der Waals surface area contributed by atoms with E-state index in [9.17, 15) is 5.11 Å². The van der Waals surface area contributed by atoms with Gasteiger partial charge in [0.2, 0.25) is 0 Å². The van der Waals surface area contributed by atoms with E-state index in [4.69, 9.17) is 23.2 Å². The van der Waals surface area contributed by atoms with Crippen molar-refractivity contribution in [2.75, 3.05) is 5.32 Å². The molecule has 1 aliphatic rings. The molecule has 6 nitrogen and oxygen atoms in total. The predicted octanol–water partition coefficient (Wildman–Crippen LogP) is 3.81. The normalized spacial score (nSPS) is 20.8. The van der Waals surface area contributed by atoms with Crippen LogP contribution < -0.4 is 5.32 Å². The third kappa shape index (κ3) is 3.42. The van der Waals surface area contributed by atoms with Crippen molar-refractivity contribution < 1.29 is 5.11 Å². The smallest absolute Gasteiger partial charge is 0.185 e. The van der Waals surface area contributed by atoms with Crippen LogP contribution in [0.4, 0.5) is 5.82 Å². The molecule has 0 amide bonds. The Kier molecular flexibility index (Phi) is 4.50. The van der Waals surface area contributed by atoms with E-state index < -0.39 is 0 Å². The molecule has 0 unspecified atom stereocenters. The lowest BCUT2D eigenvalue weighted by atomic mass is 9.93. The first kappa shape index (κ1) is 16.6. The first-order chi connectivity index (χ1) is 12.1. The number of aliphatic hydroxyl groups is 1. The number of fused-ring (bicyclic) bond motifs is 1. The summed E-state index contributed by atoms with van der Waals surface area (Å²) >= 11 is 12.2. The number of halogens is 2. The van der Waals surface area contributed by atoms with Gasteiger partial charge in [0.25, 0.3) is 0 Å². The second-order valence-corrected chi connectivity index (χ2v) is 7.15. The van der Waals surface area contributed by atoms with Crippen molar-refractivity contribution in [1.82, 2.24) is 19.8 Å². The van der Waals surface area contributed by atoms with Crippen LogP contribution in [-0.4, -0.2) is 37.1 Å². The lowest BCUT2D eigenvalue weighted by molar-refractivity contribution is 0.116. The number of aromatic nitrogens is 4. The van der Waals surface area contributed by atoms with Crippen molar-refractivity contribution in [2.45, 2.75) is 37.8 Å². The number of hydrogen-bond donors (Lipinski definition) is 2. The van der Waals surface area contributed by atoms with E-state index in [1.165, 1.54) is 0 Å². The Morgan fingerprint density at radius 1 is 1.04 bits per heavy atom. The van der Waals surface area contributed by atoms with Gasteiger partial charge in [0.05, 0.1) is 12.1 Å². The van der Waals surface area contributed by atoms with E-state index in [2.05, 4.69) is 20.6 Å². The highest BCUT2D eigenvalue weighted by molar-refractivity contribution is 6.35. The Balaban J connectivity index is 1.70. The number of nitrogens with zero attached hydrogens (tertiary/aromatic N) is 4. The first-order valence-corrected chi connectivity index (χ1v) is 8.99. The lowest BCUT2D eigenvalue weighted by Gasteiger charge is -2.28. The zero-order valence-electron chi connectivity index (χ0n) is 13.4. The van der Waals surface area contributed by atoms with Gasteiger partial charge in [-0.15, -0.1) is 15.3 Å². The highest BCUT2D eigenvalue weighted by Gasteiger charge is 2.23. The van der Waals surface area contributed by atoms with Crippen molar-refractivity contribution in [3.05, 3.63) is 40.4 Å². The molecule has 8 heteroatoms. The molecule has 1 aliphatic carbocycles. The molecule has 1 saturated carbocycles. The quantitative estimate of drug-likeness (QED) is 0.725. The van der Waals surface area contributed by atoms with E-state index in [1.807, 2.05) is 12.1 Å². The molecule has 3 aromatic rings. The van der Waals surface area contributed by atoms with Crippen molar-refractivity contribution >= 4 is 34.7 Å². The number of rotatable bonds is 3. The zero-order valence-corrected chi connectivity index (χ0v) is 14.9. The summed E-state index contributed by atoms with van der Waals surface area (Å²) in [6.07, 6.45) is 3.57. The number of hydrogen-bond acceptors (Lipinski definition) is 5. The van der Waals surface area contributed by atoms with Crippen LogP contribution in [-0.2, 0) is 0 Å². The molecular formula is C17H17Cl2N5O. The molecule has 0 radical (unpaired) electrons. The summed E-state index contributed by atoms with van der Waals surface area (Å²) in [6.45, 7) is 0. The second kappa shape index (κ2) is 6.78. The highest BCUT2D eigenvalue weighted by Crippen LogP contribution is 2.27. The maximum atomic E-state index is 10.1. The fraction of sp³-hybridized carbons (Fsp3) is 0.353. The Morgan fingerprint density at radius 3 is 2.56 bits per heavy atom. The molecule has 2 heterocycles. The van der Waals surface area contributed by atoms with Crippen LogP contribution in [0.3, 0.4) is 0 Å². The Morgan fingerprint density at radius 2 is 1.80 bits per heavy atom. The van der Waals surface area contributed by atoms with E-state index in [0.29, 0.717) is 27.3 Å². The molecule has 2 atom stereocenters. The maximum absolute atomic E-state index is 10.1. The highest BCUT2D eigenvalue weighted by atomic mass is 35.5. The van der Waals surface area contributed by atoms with Gasteiger partial charge in [-0.3, -0.25) is 0 Å². The zero-order chi connectivity index (χ0) is 17.4. The number of aliphatic hydroxyl groups excluding tert-OH is 1. The molecular weight excluding hydrogens is 361 g/mol. The molecule has 1 fully saturated rings. The van der Waals surface area contributed by atoms with Gasteiger partial charge in [-0.2, -0.15) is 4.52 Å². The van der Waals surface area contributed by atoms with Crippen molar-refractivity contribution in [3.8, 4) is 11.4 Å². The van der Waals surface area contributed by atoms with Crippen molar-refractivity contribution in [1.29, 1.82) is 0 Å².